The van der Waals surface area contributed by atoms with Crippen LogP contribution >= 0.6 is 0 Å². The molecule has 0 aromatic heterocycles. The van der Waals surface area contributed by atoms with Crippen molar-refractivity contribution in [3.63, 3.8) is 0 Å². The van der Waals surface area contributed by atoms with E-state index in [1.54, 1.807) is 29.2 Å². The van der Waals surface area contributed by atoms with Gasteiger partial charge in [-0.15, -0.1) is 0 Å². The number of benzene rings is 2. The van der Waals surface area contributed by atoms with E-state index in [-0.39, 0.29) is 30.6 Å². The fourth-order valence-electron chi connectivity index (χ4n) is 3.29. The van der Waals surface area contributed by atoms with Crippen molar-refractivity contribution in [1.29, 1.82) is 0 Å². The molecule has 1 heterocycles. The Bertz CT molecular complexity index is 811. The van der Waals surface area contributed by atoms with Crippen molar-refractivity contribution in [2.24, 2.45) is 0 Å². The zero-order chi connectivity index (χ0) is 19.2. The maximum Gasteiger partial charge on any atom is 0.223 e. The van der Waals surface area contributed by atoms with E-state index in [0.29, 0.717) is 24.3 Å². The minimum absolute atomic E-state index is 0.0302. The summed E-state index contributed by atoms with van der Waals surface area (Å²) < 4.78 is 26.4. The number of piperidine rings is 1. The third kappa shape index (κ3) is 5.12. The third-order valence-electron chi connectivity index (χ3n) is 4.73. The van der Waals surface area contributed by atoms with Crippen molar-refractivity contribution in [2.45, 2.75) is 31.7 Å². The summed E-state index contributed by atoms with van der Waals surface area (Å²) in [4.78, 5) is 26.4. The van der Waals surface area contributed by atoms with E-state index in [4.69, 9.17) is 0 Å². The number of likely N-dealkylation sites (tertiary alicyclic amines) is 1. The van der Waals surface area contributed by atoms with E-state index in [2.05, 4.69) is 5.32 Å². The van der Waals surface area contributed by atoms with Crippen LogP contribution in [-0.2, 0) is 4.79 Å². The fraction of sp³-hybridized carbons (Fsp3) is 0.333. The number of nitrogens with one attached hydrogen (secondary N) is 1. The predicted octanol–water partition coefficient (Wildman–Crippen LogP) is 4.03. The van der Waals surface area contributed by atoms with Crippen LogP contribution in [0.15, 0.2) is 48.5 Å². The smallest absolute Gasteiger partial charge is 0.223 e. The van der Waals surface area contributed by atoms with Gasteiger partial charge in [-0.2, -0.15) is 0 Å². The Morgan fingerprint density at radius 3 is 2.56 bits per heavy atom. The molecule has 1 fully saturated rings. The fourth-order valence-corrected chi connectivity index (χ4v) is 3.29. The number of hydrogen-bond donors (Lipinski definition) is 1. The van der Waals surface area contributed by atoms with Crippen molar-refractivity contribution < 1.29 is 18.4 Å². The molecule has 1 atom stereocenters. The van der Waals surface area contributed by atoms with Gasteiger partial charge >= 0.3 is 0 Å². The van der Waals surface area contributed by atoms with E-state index in [1.165, 1.54) is 6.07 Å². The molecule has 2 aromatic carbocycles. The summed E-state index contributed by atoms with van der Waals surface area (Å²) in [5, 5.41) is 3.16. The number of rotatable bonds is 6. The van der Waals surface area contributed by atoms with Crippen LogP contribution in [0.2, 0.25) is 0 Å². The Balaban J connectivity index is 1.51. The minimum Gasteiger partial charge on any atom is -0.380 e. The number of anilines is 1. The summed E-state index contributed by atoms with van der Waals surface area (Å²) in [5.41, 5.74) is 1.11. The first-order chi connectivity index (χ1) is 13.0. The first-order valence-electron chi connectivity index (χ1n) is 9.10. The topological polar surface area (TPSA) is 49.4 Å². The molecule has 1 N–H and O–H groups in total. The quantitative estimate of drug-likeness (QED) is 0.779. The molecule has 0 saturated carbocycles. The number of hydrogen-bond acceptors (Lipinski definition) is 3. The molecule has 6 heteroatoms. The number of Topliss-reactive ketones (excluding diaryl/α,β-unsaturated/α-hetero) is 1. The van der Waals surface area contributed by atoms with Gasteiger partial charge < -0.3 is 10.2 Å². The number of ketones is 1. The lowest BCUT2D eigenvalue weighted by Gasteiger charge is -2.33. The maximum atomic E-state index is 13.3. The maximum absolute atomic E-state index is 13.3. The Hall–Kier alpha value is -2.76. The van der Waals surface area contributed by atoms with Gasteiger partial charge in [0.25, 0.3) is 0 Å². The zero-order valence-corrected chi connectivity index (χ0v) is 15.0. The molecule has 2 aromatic rings. The van der Waals surface area contributed by atoms with Gasteiger partial charge in [-0.1, -0.05) is 30.3 Å². The average molecular weight is 372 g/mol. The SMILES string of the molecule is O=C(CCC(=O)N1CCC[C@H](Nc2ccc(F)c(F)c2)C1)c1ccccc1. The van der Waals surface area contributed by atoms with Crippen molar-refractivity contribution in [2.75, 3.05) is 18.4 Å². The van der Waals surface area contributed by atoms with Crippen LogP contribution in [0, 0.1) is 11.6 Å². The standard InChI is InChI=1S/C21H22F2N2O2/c22-18-9-8-16(13-19(18)23)24-17-7-4-12-25(14-17)21(27)11-10-20(26)15-5-2-1-3-6-15/h1-3,5-6,8-9,13,17,24H,4,7,10-12,14H2/t17-/m0/s1. The first-order valence-corrected chi connectivity index (χ1v) is 9.10. The molecule has 0 aliphatic carbocycles. The summed E-state index contributed by atoms with van der Waals surface area (Å²) in [5.74, 6) is -1.89. The second kappa shape index (κ2) is 8.75. The highest BCUT2D eigenvalue weighted by molar-refractivity contribution is 5.97. The zero-order valence-electron chi connectivity index (χ0n) is 15.0. The predicted molar refractivity (Wildman–Crippen MR) is 99.6 cm³/mol. The Morgan fingerprint density at radius 2 is 1.81 bits per heavy atom. The average Bonchev–Trinajstić information content (AvgIpc) is 2.69. The van der Waals surface area contributed by atoms with Crippen LogP contribution in [0.5, 0.6) is 0 Å². The lowest BCUT2D eigenvalue weighted by atomic mass is 10.0. The highest BCUT2D eigenvalue weighted by Crippen LogP contribution is 2.19. The van der Waals surface area contributed by atoms with E-state index in [0.717, 1.165) is 25.0 Å². The monoisotopic (exact) mass is 372 g/mol. The van der Waals surface area contributed by atoms with Gasteiger partial charge in [-0.25, -0.2) is 8.78 Å². The highest BCUT2D eigenvalue weighted by atomic mass is 19.2. The normalized spacial score (nSPS) is 16.8. The Morgan fingerprint density at radius 1 is 1.04 bits per heavy atom. The van der Waals surface area contributed by atoms with Crippen molar-refractivity contribution in [3.05, 3.63) is 65.7 Å². The lowest BCUT2D eigenvalue weighted by Crippen LogP contribution is -2.45. The van der Waals surface area contributed by atoms with Gasteiger partial charge in [0, 0.05) is 49.3 Å². The van der Waals surface area contributed by atoms with Gasteiger partial charge in [0.05, 0.1) is 0 Å². The second-order valence-electron chi connectivity index (χ2n) is 6.74. The van der Waals surface area contributed by atoms with Crippen molar-refractivity contribution in [3.8, 4) is 0 Å². The second-order valence-corrected chi connectivity index (χ2v) is 6.74. The summed E-state index contributed by atoms with van der Waals surface area (Å²) in [6.45, 7) is 1.13. The van der Waals surface area contributed by atoms with Crippen LogP contribution in [0.3, 0.4) is 0 Å². The van der Waals surface area contributed by atoms with Crippen LogP contribution in [0.4, 0.5) is 14.5 Å². The molecule has 0 radical (unpaired) electrons. The molecule has 1 saturated heterocycles. The largest absolute Gasteiger partial charge is 0.380 e. The number of amides is 1. The van der Waals surface area contributed by atoms with E-state index in [1.807, 2.05) is 6.07 Å². The Labute approximate surface area is 157 Å². The highest BCUT2D eigenvalue weighted by Gasteiger charge is 2.24. The molecular formula is C21H22F2N2O2. The number of nitrogens with zero attached hydrogens (tertiary/aromatic N) is 1. The molecule has 1 amide bonds. The van der Waals surface area contributed by atoms with Gasteiger partial charge in [0.1, 0.15) is 0 Å². The summed E-state index contributed by atoms with van der Waals surface area (Å²) >= 11 is 0. The van der Waals surface area contributed by atoms with Crippen LogP contribution in [0.25, 0.3) is 0 Å². The molecule has 0 bridgehead atoms. The van der Waals surface area contributed by atoms with Gasteiger partial charge in [0.2, 0.25) is 5.91 Å². The summed E-state index contributed by atoms with van der Waals surface area (Å²) in [7, 11) is 0. The van der Waals surface area contributed by atoms with E-state index in [9.17, 15) is 18.4 Å². The first kappa shape index (κ1) is 19.0. The molecule has 0 unspecified atom stereocenters. The van der Waals surface area contributed by atoms with Crippen molar-refractivity contribution in [1.82, 2.24) is 4.90 Å². The molecule has 0 spiro atoms. The van der Waals surface area contributed by atoms with E-state index >= 15 is 0 Å². The number of carbonyl (C=O) groups excluding carboxylic acids is 2. The van der Waals surface area contributed by atoms with Gasteiger partial charge in [0.15, 0.2) is 17.4 Å². The van der Waals surface area contributed by atoms with E-state index < -0.39 is 11.6 Å². The number of carbonyl (C=O) groups is 2. The minimum atomic E-state index is -0.900. The lowest BCUT2D eigenvalue weighted by molar-refractivity contribution is -0.132. The van der Waals surface area contributed by atoms with Crippen LogP contribution in [0.1, 0.15) is 36.0 Å². The van der Waals surface area contributed by atoms with Crippen molar-refractivity contribution >= 4 is 17.4 Å². The molecule has 142 valence electrons. The molecule has 1 aliphatic rings. The third-order valence-corrected chi connectivity index (χ3v) is 4.73. The molecule has 1 aliphatic heterocycles. The molecule has 3 rings (SSSR count). The van der Waals surface area contributed by atoms with Crippen LogP contribution < -0.4 is 5.32 Å². The molecule has 27 heavy (non-hydrogen) atoms. The summed E-state index contributed by atoms with van der Waals surface area (Å²) in [6, 6.07) is 12.6. The van der Waals surface area contributed by atoms with Crippen LogP contribution in [-0.4, -0.2) is 35.7 Å². The molecular weight excluding hydrogens is 350 g/mol. The van der Waals surface area contributed by atoms with Gasteiger partial charge in [-0.3, -0.25) is 9.59 Å². The summed E-state index contributed by atoms with van der Waals surface area (Å²) in [6.07, 6.45) is 2.01. The Kier molecular flexibility index (Phi) is 6.16. The van der Waals surface area contributed by atoms with Gasteiger partial charge in [-0.05, 0) is 25.0 Å². The molecule has 4 nitrogen and oxygen atoms in total. The number of halogens is 2.